The minimum atomic E-state index is -4.36. The first kappa shape index (κ1) is 106. The summed E-state index contributed by atoms with van der Waals surface area (Å²) in [4.78, 5) is 110. The maximum absolute atomic E-state index is 13.4. The summed E-state index contributed by atoms with van der Waals surface area (Å²) in [6, 6.07) is 41.7. The molecule has 3 unspecified atom stereocenters. The lowest BCUT2D eigenvalue weighted by Gasteiger charge is -2.37. The number of hydrogen-bond donors (Lipinski definition) is 6. The molecule has 4 amide bonds. The zero-order chi connectivity index (χ0) is 102. The SMILES string of the molecule is CC(C)Oc1ccn(-c2ccc(C(=O)NS(=O)(=O)c3cccc(N)n3)c(N3C[C@@H](C)CC3(C)C)n2)n1.CC1CN(c2ncccc2C(=O)NS(=O)(=O)c2cccc(N3CCC(c4ccccc4)C3)n2)C(C)(C)C1.CCCN(C)c1cccc(S(=O)(=O)NC(=O)c2cccnc2N2CC(C)CC2(C)C)n1.C[C@@H]1CN(c2nc(C3CCC(C(C)(C)C)CC3)ccc2C(=O)NS(=O)(=O)c2ccc[nH]c2=O)C(C)(C)C1. The zero-order valence-corrected chi connectivity index (χ0v) is 87.3. The van der Waals surface area contributed by atoms with Crippen LogP contribution in [0.4, 0.5) is 40.7 Å². The monoisotopic (exact) mass is 2010 g/mol. The van der Waals surface area contributed by atoms with Crippen LogP contribution in [0.15, 0.2) is 201 Å². The first-order valence-electron chi connectivity index (χ1n) is 48.1. The summed E-state index contributed by atoms with van der Waals surface area (Å²) in [5.74, 6) is 3.93. The first-order chi connectivity index (χ1) is 66.2. The average molecular weight is 2010 g/mol. The number of sulfonamides is 4. The Morgan fingerprint density at radius 1 is 0.489 bits per heavy atom. The number of H-pyrrole nitrogens is 1. The van der Waals surface area contributed by atoms with Gasteiger partial charge in [0.2, 0.25) is 5.88 Å². The molecule has 35 nitrogen and oxygen atoms in total. The van der Waals surface area contributed by atoms with Crippen molar-refractivity contribution in [2.45, 2.75) is 249 Å². The number of nitrogen functional groups attached to an aromatic ring is 1. The van der Waals surface area contributed by atoms with Gasteiger partial charge < -0.3 is 44.9 Å². The van der Waals surface area contributed by atoms with Gasteiger partial charge >= 0.3 is 0 Å². The van der Waals surface area contributed by atoms with Crippen LogP contribution in [-0.2, 0) is 40.1 Å². The Balaban J connectivity index is 0.000000158. The van der Waals surface area contributed by atoms with Gasteiger partial charge in [0.15, 0.2) is 25.8 Å². The van der Waals surface area contributed by atoms with Crippen LogP contribution in [0.5, 0.6) is 5.88 Å². The van der Waals surface area contributed by atoms with E-state index in [4.69, 9.17) is 20.4 Å². The Morgan fingerprint density at radius 3 is 1.43 bits per heavy atom. The fourth-order valence-electron chi connectivity index (χ4n) is 20.5. The van der Waals surface area contributed by atoms with E-state index in [9.17, 15) is 57.6 Å². The molecule has 39 heteroatoms. The van der Waals surface area contributed by atoms with Crippen molar-refractivity contribution in [2.75, 3.05) is 88.0 Å². The summed E-state index contributed by atoms with van der Waals surface area (Å²) in [5.41, 5.74) is 7.23. The molecule has 0 bridgehead atoms. The second kappa shape index (κ2) is 42.7. The molecular weight excluding hydrogens is 1870 g/mol. The lowest BCUT2D eigenvalue weighted by molar-refractivity contribution is 0.0972. The third-order valence-electron chi connectivity index (χ3n) is 26.9. The average Bonchev–Trinajstić information content (AvgIpc) is 1.70. The summed E-state index contributed by atoms with van der Waals surface area (Å²) in [6.07, 6.45) is 16.3. The van der Waals surface area contributed by atoms with Crippen LogP contribution in [0.25, 0.3) is 5.82 Å². The second-order valence-electron chi connectivity index (χ2n) is 41.9. The number of aromatic nitrogens is 10. The van der Waals surface area contributed by atoms with Crippen LogP contribution in [-0.4, -0.2) is 188 Å². The summed E-state index contributed by atoms with van der Waals surface area (Å²) in [7, 11) is -15.1. The summed E-state index contributed by atoms with van der Waals surface area (Å²) >= 11 is 0. The number of carbonyl (C=O) groups excluding carboxylic acids is 4. The van der Waals surface area contributed by atoms with Crippen LogP contribution in [0.3, 0.4) is 0 Å². The van der Waals surface area contributed by atoms with Crippen LogP contribution in [0.1, 0.15) is 253 Å². The van der Waals surface area contributed by atoms with Crippen molar-refractivity contribution in [3.05, 3.63) is 220 Å². The molecule has 756 valence electrons. The predicted octanol–water partition coefficient (Wildman–Crippen LogP) is 14.9. The van der Waals surface area contributed by atoms with Crippen molar-refractivity contribution in [3.63, 3.8) is 0 Å². The molecule has 9 aromatic heterocycles. The Kier molecular flexibility index (Phi) is 32.1. The molecule has 5 aliphatic heterocycles. The molecule has 1 aliphatic carbocycles. The van der Waals surface area contributed by atoms with Gasteiger partial charge in [-0.3, -0.25) is 24.0 Å². The predicted molar refractivity (Wildman–Crippen MR) is 547 cm³/mol. The number of hydrogen-bond acceptors (Lipinski definition) is 29. The van der Waals surface area contributed by atoms with E-state index in [-0.39, 0.29) is 76.8 Å². The van der Waals surface area contributed by atoms with Crippen LogP contribution in [0, 0.1) is 35.0 Å². The molecule has 141 heavy (non-hydrogen) atoms. The van der Waals surface area contributed by atoms with Gasteiger partial charge in [-0.15, -0.1) is 5.10 Å². The molecule has 0 radical (unpaired) electrons. The highest BCUT2D eigenvalue weighted by Gasteiger charge is 2.45. The van der Waals surface area contributed by atoms with Crippen LogP contribution >= 0.6 is 0 Å². The molecule has 6 aliphatic rings. The molecule has 7 N–H and O–H groups in total. The third kappa shape index (κ3) is 25.3. The molecule has 5 saturated heterocycles. The van der Waals surface area contributed by atoms with Crippen LogP contribution in [0.2, 0.25) is 0 Å². The lowest BCUT2D eigenvalue weighted by Crippen LogP contribution is -2.41. The Bertz CT molecular complexity index is 6750. The maximum atomic E-state index is 13.4. The summed E-state index contributed by atoms with van der Waals surface area (Å²) in [6.45, 7) is 43.4. The number of pyridine rings is 8. The highest BCUT2D eigenvalue weighted by atomic mass is 32.2. The van der Waals surface area contributed by atoms with E-state index in [1.54, 1.807) is 90.0 Å². The maximum Gasteiger partial charge on any atom is 0.281 e. The topological polar surface area (TPSA) is 449 Å². The first-order valence-corrected chi connectivity index (χ1v) is 54.1. The number of aromatic amines is 1. The molecule has 0 spiro atoms. The number of nitrogens with zero attached hydrogens (tertiary/aromatic N) is 15. The molecule has 16 rings (SSSR count). The molecule has 6 fully saturated rings. The Labute approximate surface area is 829 Å². The summed E-state index contributed by atoms with van der Waals surface area (Å²) in [5, 5.41) is 3.71. The van der Waals surface area contributed by atoms with E-state index in [1.807, 2.05) is 68.0 Å². The van der Waals surface area contributed by atoms with E-state index < -0.39 is 74.2 Å². The highest BCUT2D eigenvalue weighted by Crippen LogP contribution is 2.47. The van der Waals surface area contributed by atoms with Crippen molar-refractivity contribution >= 4 is 104 Å². The lowest BCUT2D eigenvalue weighted by atomic mass is 9.69. The van der Waals surface area contributed by atoms with Gasteiger partial charge in [0.05, 0.1) is 28.4 Å². The number of ether oxygens (including phenoxy) is 1. The van der Waals surface area contributed by atoms with Gasteiger partial charge in [0.1, 0.15) is 40.7 Å². The van der Waals surface area contributed by atoms with E-state index in [2.05, 4.69) is 189 Å². The second-order valence-corrected chi connectivity index (χ2v) is 48.5. The van der Waals surface area contributed by atoms with Crippen molar-refractivity contribution < 1.29 is 57.6 Å². The van der Waals surface area contributed by atoms with Gasteiger partial charge in [-0.25, -0.2) is 66.9 Å². The number of carbonyl (C=O) groups is 4. The van der Waals surface area contributed by atoms with E-state index in [0.29, 0.717) is 94.6 Å². The van der Waals surface area contributed by atoms with Crippen LogP contribution < -0.4 is 64.3 Å². The number of anilines is 7. The Morgan fingerprint density at radius 2 is 0.950 bits per heavy atom. The quantitative estimate of drug-likeness (QED) is 0.0309. The largest absolute Gasteiger partial charge is 0.474 e. The van der Waals surface area contributed by atoms with Gasteiger partial charge in [-0.2, -0.15) is 25.3 Å². The fourth-order valence-corrected chi connectivity index (χ4v) is 24.3. The van der Waals surface area contributed by atoms with Gasteiger partial charge in [0, 0.05) is 123 Å². The van der Waals surface area contributed by atoms with Crippen molar-refractivity contribution in [1.29, 1.82) is 0 Å². The zero-order valence-electron chi connectivity index (χ0n) is 84.0. The van der Waals surface area contributed by atoms with Gasteiger partial charge in [-0.1, -0.05) is 104 Å². The fraction of sp³-hybridized carbons (Fsp3) is 0.480. The highest BCUT2D eigenvalue weighted by molar-refractivity contribution is 7.91. The number of nitrogens with one attached hydrogen (secondary N) is 5. The minimum absolute atomic E-state index is 0.0323. The minimum Gasteiger partial charge on any atom is -0.474 e. The third-order valence-corrected chi connectivity index (χ3v) is 31.9. The van der Waals surface area contributed by atoms with Crippen molar-refractivity contribution in [1.82, 2.24) is 68.5 Å². The van der Waals surface area contributed by atoms with Gasteiger partial charge in [-0.05, 0) is 271 Å². The summed E-state index contributed by atoms with van der Waals surface area (Å²) < 4.78 is 120. The van der Waals surface area contributed by atoms with E-state index >= 15 is 0 Å². The molecule has 1 saturated carbocycles. The van der Waals surface area contributed by atoms with Gasteiger partial charge in [0.25, 0.3) is 69.3 Å². The molecule has 14 heterocycles. The number of rotatable bonds is 25. The number of nitrogens with two attached hydrogens (primary N) is 1. The molecular formula is C102H135N21O14S4. The van der Waals surface area contributed by atoms with E-state index in [1.165, 1.54) is 54.2 Å². The smallest absolute Gasteiger partial charge is 0.281 e. The number of amides is 4. The molecule has 10 aromatic rings. The Hall–Kier alpha value is -12.5. The van der Waals surface area contributed by atoms with E-state index in [0.717, 1.165) is 109 Å². The molecule has 5 atom stereocenters. The van der Waals surface area contributed by atoms with Crippen molar-refractivity contribution in [3.8, 4) is 11.7 Å². The van der Waals surface area contributed by atoms with Crippen molar-refractivity contribution in [2.24, 2.45) is 35.0 Å². The number of benzene rings is 1. The normalized spacial score (nSPS) is 20.3. The standard InChI is InChI=1S/C28H33N5O3S.C28H40N4O4S.C24H31N7O4S.C22H31N5O3S/c1-20-17-28(2,3)33(18-20)26-23(11-8-15-29-26)27(34)31-37(35,36)25-13-7-12-24(30-25)32-16-14-22(19-32)21-9-5-4-6-10-21;1-18-16-28(5,6)32(17-18)24-21(25(33)31-37(35,36)23-8-7-15-29-26(23)34)13-14-22(30-24)19-9-11-20(12-10-19)27(2,3)4;1-15(2)35-20-11-12-31(28-20)19-10-9-17(22(27-19)30-14-16(3)13-24(30,4)5)23(32)29-36(33,34)21-8-6-7-18(25)26-21;1-6-13-26(5)18-10-7-11-19(24-18)31(29,30)25-21(28)17-9-8-12-23-20(17)27-15-16(2)14-22(27,3)4/h4-13,15,20,22H,14,16-19H2,1-3H3,(H,31,34);7-8,13-15,18-20H,9-12,16-17H2,1-6H3,(H,29,34)(H,31,33);6-12,15-16H,13-14H2,1-5H3,(H2,25,26)(H,29,32);7-12,16H,6,13-15H2,1-5H3,(H,25,28)/t;18-,19?,20?;16-;/m.00./s1. The molecule has 1 aromatic carbocycles.